The number of piperidine rings is 1. The van der Waals surface area contributed by atoms with Gasteiger partial charge in [-0.15, -0.1) is 0 Å². The van der Waals surface area contributed by atoms with Crippen molar-refractivity contribution < 1.29 is 27.5 Å². The van der Waals surface area contributed by atoms with Crippen LogP contribution in [0.5, 0.6) is 0 Å². The molecule has 1 unspecified atom stereocenters. The molecule has 3 heterocycles. The molecule has 3 aliphatic rings. The average molecular weight is 454 g/mol. The summed E-state index contributed by atoms with van der Waals surface area (Å²) >= 11 is 0. The van der Waals surface area contributed by atoms with Crippen LogP contribution < -0.4 is 5.73 Å². The van der Waals surface area contributed by atoms with Crippen molar-refractivity contribution >= 4 is 11.8 Å². The predicted molar refractivity (Wildman–Crippen MR) is 111 cm³/mol. The van der Waals surface area contributed by atoms with Crippen LogP contribution in [-0.2, 0) is 20.7 Å². The second kappa shape index (κ2) is 9.79. The lowest BCUT2D eigenvalue weighted by Gasteiger charge is -2.41. The zero-order valence-electron chi connectivity index (χ0n) is 18.1. The van der Waals surface area contributed by atoms with Gasteiger partial charge >= 0.3 is 0 Å². The number of carbonyl (C=O) groups is 2. The Kier molecular flexibility index (Phi) is 7.05. The lowest BCUT2D eigenvalue weighted by Crippen LogP contribution is -2.50. The Labute approximate surface area is 185 Å². The van der Waals surface area contributed by atoms with E-state index in [1.54, 1.807) is 4.90 Å². The molecule has 0 aliphatic carbocycles. The Morgan fingerprint density at radius 2 is 1.56 bits per heavy atom. The largest absolute Gasteiger partial charge is 0.378 e. The summed E-state index contributed by atoms with van der Waals surface area (Å²) in [6, 6.07) is 1.15. The van der Waals surface area contributed by atoms with Crippen molar-refractivity contribution in [2.24, 2.45) is 11.7 Å². The molecule has 32 heavy (non-hydrogen) atoms. The maximum absolute atomic E-state index is 14.0. The number of amides is 2. The smallest absolute Gasteiger partial charge is 0.223 e. The van der Waals surface area contributed by atoms with Gasteiger partial charge in [0.05, 0.1) is 13.2 Å². The van der Waals surface area contributed by atoms with Crippen molar-refractivity contribution in [2.45, 2.75) is 63.1 Å². The average Bonchev–Trinajstić information content (AvgIpc) is 3.05. The molecular formula is C23H30F3N3O3. The Morgan fingerprint density at radius 1 is 0.969 bits per heavy atom. The molecule has 1 aromatic carbocycles. The number of carbonyl (C=O) groups excluding carboxylic acids is 2. The lowest BCUT2D eigenvalue weighted by atomic mass is 9.82. The van der Waals surface area contributed by atoms with Gasteiger partial charge in [0.25, 0.3) is 0 Å². The third-order valence-electron chi connectivity index (χ3n) is 7.12. The van der Waals surface area contributed by atoms with Crippen LogP contribution in [0.3, 0.4) is 0 Å². The number of nitrogens with two attached hydrogens (primary N) is 1. The highest BCUT2D eigenvalue weighted by Gasteiger charge is 2.44. The molecule has 3 saturated heterocycles. The maximum atomic E-state index is 14.0. The molecule has 9 heteroatoms. The van der Waals surface area contributed by atoms with Crippen molar-refractivity contribution in [1.29, 1.82) is 0 Å². The van der Waals surface area contributed by atoms with E-state index < -0.39 is 23.5 Å². The Balaban J connectivity index is 1.31. The summed E-state index contributed by atoms with van der Waals surface area (Å²) in [6.45, 7) is 2.21. The Bertz CT molecular complexity index is 848. The van der Waals surface area contributed by atoms with Crippen molar-refractivity contribution in [3.8, 4) is 0 Å². The standard InChI is InChI=1S/C23H30F3N3O3/c24-18-13-20(26)19(25)11-14(18)12-21(27)15-9-16-1-2-17(10-15)29(16)23(31)4-3-22(30)28-5-7-32-8-6-28/h11,13,15-17,21H,1-10,12,27H2/t15?,16-,17+,21-/m1/s1. The van der Waals surface area contributed by atoms with Crippen LogP contribution >= 0.6 is 0 Å². The molecule has 176 valence electrons. The highest BCUT2D eigenvalue weighted by atomic mass is 19.2. The minimum absolute atomic E-state index is 0.00205. The first-order valence-corrected chi connectivity index (χ1v) is 11.4. The molecule has 0 aromatic heterocycles. The summed E-state index contributed by atoms with van der Waals surface area (Å²) in [5.41, 5.74) is 6.42. The third kappa shape index (κ3) is 4.93. The predicted octanol–water partition coefficient (Wildman–Crippen LogP) is 2.38. The maximum Gasteiger partial charge on any atom is 0.223 e. The first-order valence-electron chi connectivity index (χ1n) is 11.4. The van der Waals surface area contributed by atoms with Crippen molar-refractivity contribution in [3.63, 3.8) is 0 Å². The molecule has 0 radical (unpaired) electrons. The number of morpholine rings is 1. The van der Waals surface area contributed by atoms with E-state index in [1.165, 1.54) is 0 Å². The third-order valence-corrected chi connectivity index (χ3v) is 7.12. The van der Waals surface area contributed by atoms with Gasteiger partial charge in [-0.25, -0.2) is 13.2 Å². The zero-order chi connectivity index (χ0) is 22.8. The molecular weight excluding hydrogens is 423 g/mol. The van der Waals surface area contributed by atoms with E-state index in [0.717, 1.165) is 18.9 Å². The van der Waals surface area contributed by atoms with E-state index in [1.807, 2.05) is 4.90 Å². The second-order valence-electron chi connectivity index (χ2n) is 9.14. The fourth-order valence-corrected chi connectivity index (χ4v) is 5.43. The minimum atomic E-state index is -1.21. The van der Waals surface area contributed by atoms with E-state index in [-0.39, 0.29) is 54.6 Å². The number of hydrogen-bond donors (Lipinski definition) is 1. The van der Waals surface area contributed by atoms with Gasteiger partial charge in [0.2, 0.25) is 11.8 Å². The first kappa shape index (κ1) is 23.0. The van der Waals surface area contributed by atoms with Gasteiger partial charge in [0.1, 0.15) is 5.82 Å². The number of halogens is 3. The number of nitrogens with zero attached hydrogens (tertiary/aromatic N) is 2. The van der Waals surface area contributed by atoms with E-state index in [0.29, 0.717) is 45.2 Å². The van der Waals surface area contributed by atoms with Gasteiger partial charge in [-0.3, -0.25) is 9.59 Å². The molecule has 3 fully saturated rings. The van der Waals surface area contributed by atoms with Crippen molar-refractivity contribution in [3.05, 3.63) is 35.1 Å². The molecule has 6 nitrogen and oxygen atoms in total. The summed E-state index contributed by atoms with van der Waals surface area (Å²) in [6.07, 6.45) is 3.69. The molecule has 2 bridgehead atoms. The van der Waals surface area contributed by atoms with Gasteiger partial charge in [-0.1, -0.05) is 0 Å². The van der Waals surface area contributed by atoms with Gasteiger partial charge in [0.15, 0.2) is 11.6 Å². The van der Waals surface area contributed by atoms with Crippen LogP contribution in [0.15, 0.2) is 12.1 Å². The summed E-state index contributed by atoms with van der Waals surface area (Å²) in [7, 11) is 0. The first-order chi connectivity index (χ1) is 15.3. The van der Waals surface area contributed by atoms with Crippen LogP contribution in [0.2, 0.25) is 0 Å². The monoisotopic (exact) mass is 453 g/mol. The fraction of sp³-hybridized carbons (Fsp3) is 0.652. The van der Waals surface area contributed by atoms with Gasteiger partial charge in [0, 0.05) is 50.1 Å². The van der Waals surface area contributed by atoms with E-state index in [9.17, 15) is 22.8 Å². The van der Waals surface area contributed by atoms with Gasteiger partial charge < -0.3 is 20.3 Å². The molecule has 4 atom stereocenters. The molecule has 0 spiro atoms. The summed E-state index contributed by atoms with van der Waals surface area (Å²) < 4.78 is 46.0. The molecule has 3 aliphatic heterocycles. The Morgan fingerprint density at radius 3 is 2.22 bits per heavy atom. The number of hydrogen-bond acceptors (Lipinski definition) is 4. The highest BCUT2D eigenvalue weighted by molar-refractivity contribution is 5.84. The summed E-state index contributed by atoms with van der Waals surface area (Å²) in [5.74, 6) is -3.03. The number of benzene rings is 1. The van der Waals surface area contributed by atoms with E-state index in [4.69, 9.17) is 10.5 Å². The molecule has 1 aromatic rings. The number of rotatable bonds is 6. The molecule has 2 N–H and O–H groups in total. The van der Waals surface area contributed by atoms with Crippen LogP contribution in [0.25, 0.3) is 0 Å². The quantitative estimate of drug-likeness (QED) is 0.672. The topological polar surface area (TPSA) is 75.9 Å². The molecule has 2 amide bonds. The minimum Gasteiger partial charge on any atom is -0.378 e. The zero-order valence-corrected chi connectivity index (χ0v) is 18.1. The Hall–Kier alpha value is -2.13. The van der Waals surface area contributed by atoms with Gasteiger partial charge in [-0.05, 0) is 49.7 Å². The fourth-order valence-electron chi connectivity index (χ4n) is 5.43. The number of ether oxygens (including phenoxy) is 1. The SMILES string of the molecule is N[C@H](Cc1cc(F)c(F)cc1F)C1C[C@H]2CC[C@@H](C1)N2C(=O)CCC(=O)N1CCOCC1. The van der Waals surface area contributed by atoms with E-state index >= 15 is 0 Å². The summed E-state index contributed by atoms with van der Waals surface area (Å²) in [5, 5.41) is 0. The van der Waals surface area contributed by atoms with E-state index in [2.05, 4.69) is 0 Å². The van der Waals surface area contributed by atoms with Crippen LogP contribution in [0.4, 0.5) is 13.2 Å². The van der Waals surface area contributed by atoms with Crippen LogP contribution in [0.1, 0.15) is 44.1 Å². The summed E-state index contributed by atoms with van der Waals surface area (Å²) in [4.78, 5) is 28.9. The van der Waals surface area contributed by atoms with Crippen LogP contribution in [-0.4, -0.2) is 66.0 Å². The normalized spacial score (nSPS) is 26.3. The molecule has 0 saturated carbocycles. The molecule has 4 rings (SSSR count). The lowest BCUT2D eigenvalue weighted by molar-refractivity contribution is -0.142. The second-order valence-corrected chi connectivity index (χ2v) is 9.14. The van der Waals surface area contributed by atoms with Crippen LogP contribution in [0, 0.1) is 23.4 Å². The number of fused-ring (bicyclic) bond motifs is 2. The highest BCUT2D eigenvalue weighted by Crippen LogP contribution is 2.40. The van der Waals surface area contributed by atoms with Crippen molar-refractivity contribution in [2.75, 3.05) is 26.3 Å². The van der Waals surface area contributed by atoms with Crippen molar-refractivity contribution in [1.82, 2.24) is 9.80 Å². The van der Waals surface area contributed by atoms with Gasteiger partial charge in [-0.2, -0.15) is 0 Å².